The highest BCUT2D eigenvalue weighted by Gasteiger charge is 2.58. The van der Waals surface area contributed by atoms with Crippen molar-refractivity contribution in [1.29, 1.82) is 0 Å². The van der Waals surface area contributed by atoms with E-state index in [1.807, 2.05) is 4.90 Å². The van der Waals surface area contributed by atoms with Crippen LogP contribution in [0.2, 0.25) is 0 Å². The second-order valence-electron chi connectivity index (χ2n) is 6.24. The maximum Gasteiger partial charge on any atom is 0.434 e. The van der Waals surface area contributed by atoms with E-state index in [-0.39, 0.29) is 22.8 Å². The van der Waals surface area contributed by atoms with Gasteiger partial charge in [-0.2, -0.15) is 13.2 Å². The van der Waals surface area contributed by atoms with E-state index in [1.54, 1.807) is 6.92 Å². The van der Waals surface area contributed by atoms with Gasteiger partial charge in [0, 0.05) is 6.54 Å². The molecule has 1 N–H and O–H groups in total. The molecule has 0 radical (unpaired) electrons. The van der Waals surface area contributed by atoms with E-state index >= 15 is 0 Å². The number of alkyl halides is 3. The van der Waals surface area contributed by atoms with Crippen molar-refractivity contribution in [3.05, 3.63) is 15.6 Å². The monoisotopic (exact) mass is 334 g/mol. The molecule has 1 atom stereocenters. The Morgan fingerprint density at radius 2 is 2.09 bits per heavy atom. The van der Waals surface area contributed by atoms with Gasteiger partial charge in [0.25, 0.3) is 0 Å². The van der Waals surface area contributed by atoms with Crippen molar-refractivity contribution >= 4 is 17.3 Å². The summed E-state index contributed by atoms with van der Waals surface area (Å²) in [4.78, 5) is 16.9. The fourth-order valence-corrected chi connectivity index (χ4v) is 4.41. The van der Waals surface area contributed by atoms with E-state index in [4.69, 9.17) is 5.11 Å². The van der Waals surface area contributed by atoms with Crippen molar-refractivity contribution in [2.45, 2.75) is 38.9 Å². The third kappa shape index (κ3) is 2.86. The Balaban J connectivity index is 1.64. The van der Waals surface area contributed by atoms with Gasteiger partial charge in [-0.05, 0) is 44.7 Å². The predicted molar refractivity (Wildman–Crippen MR) is 74.5 cm³/mol. The lowest BCUT2D eigenvalue weighted by molar-refractivity contribution is -0.142. The van der Waals surface area contributed by atoms with Crippen LogP contribution in [0.25, 0.3) is 0 Å². The minimum atomic E-state index is -4.41. The molecular weight excluding hydrogens is 317 g/mol. The number of likely N-dealkylation sites (tertiary alicyclic amines) is 1. The highest BCUT2D eigenvalue weighted by molar-refractivity contribution is 7.11. The highest BCUT2D eigenvalue weighted by Crippen LogP contribution is 2.59. The second-order valence-corrected chi connectivity index (χ2v) is 7.52. The molecule has 2 aliphatic rings. The molecular formula is C14H17F3N2O2S. The molecule has 1 aliphatic heterocycles. The molecule has 1 saturated heterocycles. The summed E-state index contributed by atoms with van der Waals surface area (Å²) in [7, 11) is 0. The average Bonchev–Trinajstić information content (AvgIpc) is 2.98. The molecule has 122 valence electrons. The summed E-state index contributed by atoms with van der Waals surface area (Å²) < 4.78 is 38.8. The lowest BCUT2D eigenvalue weighted by atomic mass is 9.91. The summed E-state index contributed by atoms with van der Waals surface area (Å²) in [6.07, 6.45) is -2.20. The van der Waals surface area contributed by atoms with Gasteiger partial charge < -0.3 is 5.11 Å². The van der Waals surface area contributed by atoms with Crippen LogP contribution in [0.5, 0.6) is 0 Å². The Hall–Kier alpha value is -1.15. The number of hydrogen-bond donors (Lipinski definition) is 1. The zero-order chi connectivity index (χ0) is 16.1. The zero-order valence-electron chi connectivity index (χ0n) is 12.1. The van der Waals surface area contributed by atoms with Crippen molar-refractivity contribution in [3.8, 4) is 0 Å². The lowest BCUT2D eigenvalue weighted by Gasteiger charge is -2.32. The average molecular weight is 334 g/mol. The Morgan fingerprint density at radius 3 is 2.59 bits per heavy atom. The minimum absolute atomic E-state index is 0.0984. The zero-order valence-corrected chi connectivity index (χ0v) is 12.9. The molecule has 1 saturated carbocycles. The fourth-order valence-electron chi connectivity index (χ4n) is 3.41. The van der Waals surface area contributed by atoms with Gasteiger partial charge in [-0.1, -0.05) is 0 Å². The van der Waals surface area contributed by atoms with Crippen molar-refractivity contribution in [2.24, 2.45) is 11.3 Å². The highest BCUT2D eigenvalue weighted by atomic mass is 32.1. The van der Waals surface area contributed by atoms with Crippen LogP contribution < -0.4 is 0 Å². The summed E-state index contributed by atoms with van der Waals surface area (Å²) in [5, 5.41) is 9.48. The van der Waals surface area contributed by atoms with Gasteiger partial charge in [-0.3, -0.25) is 9.69 Å². The Morgan fingerprint density at radius 1 is 1.45 bits per heavy atom. The van der Waals surface area contributed by atoms with Crippen LogP contribution >= 0.6 is 11.3 Å². The van der Waals surface area contributed by atoms with Crippen LogP contribution in [0, 0.1) is 18.3 Å². The van der Waals surface area contributed by atoms with E-state index in [9.17, 15) is 18.0 Å². The Bertz CT molecular complexity index is 591. The second kappa shape index (κ2) is 5.19. The molecule has 0 amide bonds. The Kier molecular flexibility index (Phi) is 3.71. The lowest BCUT2D eigenvalue weighted by Crippen LogP contribution is -2.35. The normalized spacial score (nSPS) is 24.6. The summed E-state index contributed by atoms with van der Waals surface area (Å²) in [6, 6.07) is 0. The number of rotatable bonds is 3. The van der Waals surface area contributed by atoms with E-state index in [0.717, 1.165) is 24.2 Å². The van der Waals surface area contributed by atoms with E-state index in [0.29, 0.717) is 24.5 Å². The molecule has 2 fully saturated rings. The van der Waals surface area contributed by atoms with Gasteiger partial charge in [0.15, 0.2) is 5.69 Å². The third-order valence-electron chi connectivity index (χ3n) is 4.78. The van der Waals surface area contributed by atoms with Gasteiger partial charge >= 0.3 is 12.1 Å². The number of carboxylic acids is 1. The van der Waals surface area contributed by atoms with Gasteiger partial charge in [-0.25, -0.2) is 4.98 Å². The number of thiazole rings is 1. The number of hydrogen-bond acceptors (Lipinski definition) is 4. The molecule has 8 heteroatoms. The fraction of sp³-hybridized carbons (Fsp3) is 0.714. The van der Waals surface area contributed by atoms with Gasteiger partial charge in [0.2, 0.25) is 0 Å². The van der Waals surface area contributed by atoms with Gasteiger partial charge in [-0.15, -0.1) is 11.3 Å². The number of nitrogens with zero attached hydrogens (tertiary/aromatic N) is 2. The Labute approximate surface area is 130 Å². The van der Waals surface area contributed by atoms with Gasteiger partial charge in [0.05, 0.1) is 15.8 Å². The molecule has 1 spiro atoms. The molecule has 4 nitrogen and oxygen atoms in total. The molecule has 1 aromatic rings. The first-order valence-electron chi connectivity index (χ1n) is 7.20. The molecule has 1 aliphatic carbocycles. The van der Waals surface area contributed by atoms with Crippen molar-refractivity contribution in [3.63, 3.8) is 0 Å². The van der Waals surface area contributed by atoms with Gasteiger partial charge in [0.1, 0.15) is 0 Å². The molecule has 1 unspecified atom stereocenters. The summed E-state index contributed by atoms with van der Waals surface area (Å²) in [6.45, 7) is 3.13. The van der Waals surface area contributed by atoms with Crippen LogP contribution in [0.1, 0.15) is 34.8 Å². The maximum atomic E-state index is 12.9. The van der Waals surface area contributed by atoms with Crippen molar-refractivity contribution in [2.75, 3.05) is 13.1 Å². The van der Waals surface area contributed by atoms with Crippen LogP contribution in [0.15, 0.2) is 0 Å². The third-order valence-corrected chi connectivity index (χ3v) is 5.74. The van der Waals surface area contributed by atoms with Crippen LogP contribution in [-0.2, 0) is 17.5 Å². The quantitative estimate of drug-likeness (QED) is 0.922. The van der Waals surface area contributed by atoms with E-state index in [2.05, 4.69) is 4.98 Å². The number of piperidine rings is 1. The minimum Gasteiger partial charge on any atom is -0.481 e. The van der Waals surface area contributed by atoms with Crippen LogP contribution in [-0.4, -0.2) is 34.0 Å². The number of carboxylic acid groups (broad SMARTS) is 1. The number of aliphatic carboxylic acids is 1. The summed E-state index contributed by atoms with van der Waals surface area (Å²) >= 11 is 1.09. The first kappa shape index (κ1) is 15.7. The van der Waals surface area contributed by atoms with Crippen molar-refractivity contribution in [1.82, 2.24) is 9.88 Å². The molecule has 0 aromatic carbocycles. The van der Waals surface area contributed by atoms with Crippen LogP contribution in [0.3, 0.4) is 0 Å². The first-order chi connectivity index (χ1) is 10.2. The molecule has 2 heterocycles. The molecule has 1 aromatic heterocycles. The standard InChI is InChI=1S/C14H17F3N2O2S/c1-8-18-11(14(15,16)17)10(22-8)7-19-4-2-13(3-5-19)6-9(13)12(20)21/h9H,2-7H2,1H3,(H,20,21). The summed E-state index contributed by atoms with van der Waals surface area (Å²) in [5.41, 5.74) is -0.871. The molecule has 22 heavy (non-hydrogen) atoms. The largest absolute Gasteiger partial charge is 0.481 e. The molecule has 0 bridgehead atoms. The number of halogens is 3. The topological polar surface area (TPSA) is 53.4 Å². The predicted octanol–water partition coefficient (Wildman–Crippen LogP) is 3.16. The van der Waals surface area contributed by atoms with E-state index < -0.39 is 17.8 Å². The number of aromatic nitrogens is 1. The number of carbonyl (C=O) groups is 1. The van der Waals surface area contributed by atoms with Crippen molar-refractivity contribution < 1.29 is 23.1 Å². The summed E-state index contributed by atoms with van der Waals surface area (Å²) in [5.74, 6) is -1.00. The van der Waals surface area contributed by atoms with Crippen LogP contribution in [0.4, 0.5) is 13.2 Å². The first-order valence-corrected chi connectivity index (χ1v) is 8.02. The SMILES string of the molecule is Cc1nc(C(F)(F)F)c(CN2CCC3(CC2)CC3C(=O)O)s1. The number of aryl methyl sites for hydroxylation is 1. The van der Waals surface area contributed by atoms with E-state index in [1.165, 1.54) is 0 Å². The smallest absolute Gasteiger partial charge is 0.434 e. The maximum absolute atomic E-state index is 12.9. The molecule has 3 rings (SSSR count).